The molecule has 2 aromatic rings. The lowest BCUT2D eigenvalue weighted by Crippen LogP contribution is -2.19. The zero-order chi connectivity index (χ0) is 11.0. The van der Waals surface area contributed by atoms with Crippen molar-refractivity contribution in [3.8, 4) is 0 Å². The van der Waals surface area contributed by atoms with Gasteiger partial charge in [-0.1, -0.05) is 12.1 Å². The number of hydrogen-bond acceptors (Lipinski definition) is 3. The third-order valence-electron chi connectivity index (χ3n) is 2.13. The van der Waals surface area contributed by atoms with Crippen LogP contribution in [0.3, 0.4) is 0 Å². The second-order valence-corrected chi connectivity index (χ2v) is 3.41. The van der Waals surface area contributed by atoms with E-state index in [9.17, 15) is 4.79 Å². The molecule has 0 bridgehead atoms. The molecule has 0 radical (unpaired) electrons. The predicted molar refractivity (Wildman–Crippen MR) is 57.5 cm³/mol. The molecule has 2 rings (SSSR count). The molecule has 1 N–H and O–H groups in total. The van der Waals surface area contributed by atoms with E-state index in [0.717, 1.165) is 0 Å². The summed E-state index contributed by atoms with van der Waals surface area (Å²) in [7, 11) is 3.53. The number of carbonyl (C=O) groups is 1. The minimum Gasteiger partial charge on any atom is -0.464 e. The Labute approximate surface area is 86.6 Å². The molecular weight excluding hydrogens is 194 g/mol. The summed E-state index contributed by atoms with van der Waals surface area (Å²) < 4.78 is 1.18. The van der Waals surface area contributed by atoms with Gasteiger partial charge in [-0.2, -0.15) is 0 Å². The normalized spacial score (nSPS) is 10.5. The molecule has 0 aliphatic rings. The highest BCUT2D eigenvalue weighted by atomic mass is 16.4. The molecular formula is C10H11N3O2. The van der Waals surface area contributed by atoms with Gasteiger partial charge in [0.25, 0.3) is 0 Å². The van der Waals surface area contributed by atoms with E-state index in [1.54, 1.807) is 37.2 Å². The number of anilines is 1. The van der Waals surface area contributed by atoms with Gasteiger partial charge in [-0.25, -0.2) is 14.3 Å². The monoisotopic (exact) mass is 205 g/mol. The van der Waals surface area contributed by atoms with Crippen molar-refractivity contribution < 1.29 is 9.90 Å². The van der Waals surface area contributed by atoms with E-state index >= 15 is 0 Å². The van der Waals surface area contributed by atoms with Crippen molar-refractivity contribution in [2.75, 3.05) is 19.0 Å². The maximum atomic E-state index is 11.1. The Balaban J connectivity index is 2.80. The second kappa shape index (κ2) is 3.27. The molecule has 78 valence electrons. The van der Waals surface area contributed by atoms with Gasteiger partial charge in [0.15, 0.2) is 0 Å². The summed E-state index contributed by atoms with van der Waals surface area (Å²) >= 11 is 0. The lowest BCUT2D eigenvalue weighted by Gasteiger charge is -2.10. The van der Waals surface area contributed by atoms with E-state index in [1.807, 2.05) is 6.07 Å². The number of benzene rings is 1. The smallest absolute Gasteiger partial charge is 0.418 e. The number of carboxylic acid groups (broad SMARTS) is 1. The molecule has 1 aromatic carbocycles. The number of aromatic nitrogens is 2. The van der Waals surface area contributed by atoms with Crippen LogP contribution >= 0.6 is 0 Å². The molecule has 0 aliphatic carbocycles. The predicted octanol–water partition coefficient (Wildman–Crippen LogP) is 1.63. The first-order valence-corrected chi connectivity index (χ1v) is 4.49. The van der Waals surface area contributed by atoms with Crippen LogP contribution in [0.15, 0.2) is 24.3 Å². The first-order chi connectivity index (χ1) is 7.11. The highest BCUT2D eigenvalue weighted by molar-refractivity contribution is 5.89. The molecule has 15 heavy (non-hydrogen) atoms. The van der Waals surface area contributed by atoms with Crippen LogP contribution in [0.2, 0.25) is 0 Å². The van der Waals surface area contributed by atoms with Gasteiger partial charge in [-0.3, -0.25) is 0 Å². The van der Waals surface area contributed by atoms with Crippen molar-refractivity contribution in [2.24, 2.45) is 0 Å². The Bertz CT molecular complexity index is 516. The summed E-state index contributed by atoms with van der Waals surface area (Å²) in [4.78, 5) is 17.0. The van der Waals surface area contributed by atoms with Gasteiger partial charge in [0, 0.05) is 14.1 Å². The molecule has 0 aliphatic heterocycles. The Morgan fingerprint density at radius 1 is 1.40 bits per heavy atom. The number of fused-ring (bicyclic) bond motifs is 1. The molecule has 1 heterocycles. The zero-order valence-electron chi connectivity index (χ0n) is 8.51. The van der Waals surface area contributed by atoms with Crippen molar-refractivity contribution >= 4 is 23.1 Å². The Kier molecular flexibility index (Phi) is 2.07. The lowest BCUT2D eigenvalue weighted by atomic mass is 10.3. The first kappa shape index (κ1) is 9.51. The summed E-state index contributed by atoms with van der Waals surface area (Å²) in [5.41, 5.74) is 1.29. The van der Waals surface area contributed by atoms with Crippen molar-refractivity contribution in [2.45, 2.75) is 0 Å². The molecule has 0 amide bonds. The van der Waals surface area contributed by atoms with Crippen molar-refractivity contribution in [3.63, 3.8) is 0 Å². The van der Waals surface area contributed by atoms with Crippen molar-refractivity contribution in [3.05, 3.63) is 24.3 Å². The Morgan fingerprint density at radius 3 is 2.67 bits per heavy atom. The maximum Gasteiger partial charge on any atom is 0.418 e. The maximum absolute atomic E-state index is 11.1. The van der Waals surface area contributed by atoms with Gasteiger partial charge < -0.3 is 10.0 Å². The standard InChI is InChI=1S/C10H11N3O2/c1-12(2)9-11-7-5-3-4-6-8(7)13(9)10(14)15/h3-6H,1-2H3,(H,14,15). The Morgan fingerprint density at radius 2 is 2.07 bits per heavy atom. The van der Waals surface area contributed by atoms with Gasteiger partial charge in [-0.15, -0.1) is 0 Å². The molecule has 5 nitrogen and oxygen atoms in total. The summed E-state index contributed by atoms with van der Waals surface area (Å²) in [6.07, 6.45) is -1.02. The summed E-state index contributed by atoms with van der Waals surface area (Å²) in [6.45, 7) is 0. The lowest BCUT2D eigenvalue weighted by molar-refractivity contribution is 0.197. The number of para-hydroxylation sites is 2. The quantitative estimate of drug-likeness (QED) is 0.768. The fraction of sp³-hybridized carbons (Fsp3) is 0.200. The number of hydrogen-bond donors (Lipinski definition) is 1. The van der Waals surface area contributed by atoms with Crippen LogP contribution in [0.4, 0.5) is 10.7 Å². The van der Waals surface area contributed by atoms with Crippen LogP contribution in [0.25, 0.3) is 11.0 Å². The highest BCUT2D eigenvalue weighted by Crippen LogP contribution is 2.20. The van der Waals surface area contributed by atoms with Crippen LogP contribution in [0.1, 0.15) is 0 Å². The fourth-order valence-corrected chi connectivity index (χ4v) is 1.50. The van der Waals surface area contributed by atoms with Gasteiger partial charge in [0.05, 0.1) is 11.0 Å². The summed E-state index contributed by atoms with van der Waals surface area (Å²) in [6, 6.07) is 7.16. The molecule has 0 unspecified atom stereocenters. The van der Waals surface area contributed by atoms with Crippen LogP contribution in [-0.2, 0) is 0 Å². The minimum absolute atomic E-state index is 0.420. The van der Waals surface area contributed by atoms with E-state index in [0.29, 0.717) is 17.0 Å². The van der Waals surface area contributed by atoms with E-state index < -0.39 is 6.09 Å². The van der Waals surface area contributed by atoms with Gasteiger partial charge in [-0.05, 0) is 12.1 Å². The third-order valence-corrected chi connectivity index (χ3v) is 2.13. The first-order valence-electron chi connectivity index (χ1n) is 4.49. The van der Waals surface area contributed by atoms with Gasteiger partial charge in [0.2, 0.25) is 5.95 Å². The SMILES string of the molecule is CN(C)c1nc2ccccc2n1C(=O)O. The molecule has 1 aromatic heterocycles. The van der Waals surface area contributed by atoms with E-state index in [-0.39, 0.29) is 0 Å². The highest BCUT2D eigenvalue weighted by Gasteiger charge is 2.16. The van der Waals surface area contributed by atoms with E-state index in [1.165, 1.54) is 4.57 Å². The largest absolute Gasteiger partial charge is 0.464 e. The Hall–Kier alpha value is -2.04. The van der Waals surface area contributed by atoms with E-state index in [2.05, 4.69) is 4.98 Å². The second-order valence-electron chi connectivity index (χ2n) is 3.41. The molecule has 0 spiro atoms. The van der Waals surface area contributed by atoms with Gasteiger partial charge in [0.1, 0.15) is 0 Å². The molecule has 0 fully saturated rings. The molecule has 0 saturated carbocycles. The number of nitrogens with zero attached hydrogens (tertiary/aromatic N) is 3. The summed E-state index contributed by atoms with van der Waals surface area (Å²) in [5.74, 6) is 0.420. The van der Waals surface area contributed by atoms with E-state index in [4.69, 9.17) is 5.11 Å². The summed E-state index contributed by atoms with van der Waals surface area (Å²) in [5, 5.41) is 9.10. The number of rotatable bonds is 1. The fourth-order valence-electron chi connectivity index (χ4n) is 1.50. The molecule has 0 atom stereocenters. The topological polar surface area (TPSA) is 58.4 Å². The average Bonchev–Trinajstić information content (AvgIpc) is 2.56. The van der Waals surface area contributed by atoms with Crippen LogP contribution in [0.5, 0.6) is 0 Å². The zero-order valence-corrected chi connectivity index (χ0v) is 8.51. The molecule has 5 heteroatoms. The number of imidazole rings is 1. The van der Waals surface area contributed by atoms with Gasteiger partial charge >= 0.3 is 6.09 Å². The van der Waals surface area contributed by atoms with Crippen molar-refractivity contribution in [1.29, 1.82) is 0 Å². The third kappa shape index (κ3) is 1.41. The molecule has 0 saturated heterocycles. The van der Waals surface area contributed by atoms with Crippen LogP contribution < -0.4 is 4.90 Å². The van der Waals surface area contributed by atoms with Crippen molar-refractivity contribution in [1.82, 2.24) is 9.55 Å². The minimum atomic E-state index is -1.02. The van der Waals surface area contributed by atoms with Crippen LogP contribution in [0, 0.1) is 0 Å². The average molecular weight is 205 g/mol. The van der Waals surface area contributed by atoms with Crippen LogP contribution in [-0.4, -0.2) is 34.8 Å².